The number of carbonyl (C=O) groups excluding carboxylic acids is 4. The average Bonchev–Trinajstić information content (AvgIpc) is 3.05. The molecular weight excluding hydrogens is 572 g/mol. The number of esters is 4. The lowest BCUT2D eigenvalue weighted by Gasteiger charge is -2.21. The van der Waals surface area contributed by atoms with Crippen molar-refractivity contribution in [3.8, 4) is 22.6 Å². The Hall–Kier alpha value is -5.24. The molecule has 0 atom stereocenters. The molecule has 1 aliphatic rings. The van der Waals surface area contributed by atoms with Gasteiger partial charge in [-0.2, -0.15) is 0 Å². The monoisotopic (exact) mass is 608 g/mol. The summed E-state index contributed by atoms with van der Waals surface area (Å²) >= 11 is 0. The van der Waals surface area contributed by atoms with Crippen LogP contribution in [-0.2, 0) is 28.7 Å². The van der Waals surface area contributed by atoms with Gasteiger partial charge >= 0.3 is 23.9 Å². The second kappa shape index (κ2) is 16.0. The maximum Gasteiger partial charge on any atom is 0.339 e. The minimum Gasteiger partial charge on any atom is -0.469 e. The number of hydrogen-bond acceptors (Lipinski definition) is 8. The molecule has 3 aromatic carbocycles. The van der Waals surface area contributed by atoms with Gasteiger partial charge in [-0.05, 0) is 72.2 Å². The normalized spacial score (nSPS) is 13.1. The second-order valence-electron chi connectivity index (χ2n) is 10.7. The van der Waals surface area contributed by atoms with Gasteiger partial charge in [-0.3, -0.25) is 9.59 Å². The van der Waals surface area contributed by atoms with Crippen LogP contribution in [0.2, 0.25) is 0 Å². The molecule has 0 spiro atoms. The zero-order chi connectivity index (χ0) is 32.2. The highest BCUT2D eigenvalue weighted by Gasteiger charge is 2.21. The van der Waals surface area contributed by atoms with E-state index in [0.717, 1.165) is 54.4 Å². The third-order valence-electron chi connectivity index (χ3n) is 7.24. The van der Waals surface area contributed by atoms with Crippen LogP contribution in [0.15, 0.2) is 97.1 Å². The van der Waals surface area contributed by atoms with E-state index in [0.29, 0.717) is 11.5 Å². The van der Waals surface area contributed by atoms with E-state index in [1.807, 2.05) is 60.7 Å². The molecule has 0 N–H and O–H groups in total. The molecule has 0 radical (unpaired) electrons. The summed E-state index contributed by atoms with van der Waals surface area (Å²) < 4.78 is 20.7. The Morgan fingerprint density at radius 3 is 1.56 bits per heavy atom. The van der Waals surface area contributed by atoms with Crippen molar-refractivity contribution in [2.24, 2.45) is 0 Å². The Kier molecular flexibility index (Phi) is 11.6. The number of carbonyl (C=O) groups is 4. The van der Waals surface area contributed by atoms with Crippen molar-refractivity contribution in [3.05, 3.63) is 108 Å². The molecule has 0 aromatic heterocycles. The minimum atomic E-state index is -0.686. The third kappa shape index (κ3) is 10.2. The summed E-state index contributed by atoms with van der Waals surface area (Å²) in [5.41, 5.74) is 3.89. The summed E-state index contributed by atoms with van der Waals surface area (Å²) in [6, 6.07) is 22.0. The fraction of sp³-hybridized carbons (Fsp3) is 0.243. The van der Waals surface area contributed by atoms with Gasteiger partial charge in [0.25, 0.3) is 0 Å². The van der Waals surface area contributed by atoms with Crippen molar-refractivity contribution < 1.29 is 38.1 Å². The quantitative estimate of drug-likeness (QED) is 0.0915. The van der Waals surface area contributed by atoms with E-state index in [-0.39, 0.29) is 30.1 Å². The smallest absolute Gasteiger partial charge is 0.339 e. The predicted molar refractivity (Wildman–Crippen MR) is 171 cm³/mol. The SMILES string of the molecule is C=C(CC(=O)OC)C(=O)Oc1ccc(-c2ccc(/C=C/c3ccc(OC(=O)C(=C)CC(=O)OC4CCCCC4)cc3)cc2)cc1. The highest BCUT2D eigenvalue weighted by atomic mass is 16.6. The number of rotatable bonds is 12. The van der Waals surface area contributed by atoms with Gasteiger partial charge in [-0.1, -0.05) is 80.3 Å². The molecule has 0 saturated heterocycles. The molecule has 1 aliphatic carbocycles. The fourth-order valence-electron chi connectivity index (χ4n) is 4.68. The minimum absolute atomic E-state index is 0.0142. The third-order valence-corrected chi connectivity index (χ3v) is 7.24. The van der Waals surface area contributed by atoms with E-state index in [4.69, 9.17) is 14.2 Å². The number of hydrogen-bond donors (Lipinski definition) is 0. The lowest BCUT2D eigenvalue weighted by Crippen LogP contribution is -2.22. The van der Waals surface area contributed by atoms with Gasteiger partial charge in [-0.25, -0.2) is 9.59 Å². The largest absolute Gasteiger partial charge is 0.469 e. The molecule has 0 unspecified atom stereocenters. The summed E-state index contributed by atoms with van der Waals surface area (Å²) in [4.78, 5) is 48.0. The molecule has 3 aromatic rings. The van der Waals surface area contributed by atoms with Crippen LogP contribution >= 0.6 is 0 Å². The predicted octanol–water partition coefficient (Wildman–Crippen LogP) is 7.28. The Bertz CT molecular complexity index is 1560. The number of benzene rings is 3. The van der Waals surface area contributed by atoms with Crippen LogP contribution in [-0.4, -0.2) is 37.1 Å². The zero-order valence-corrected chi connectivity index (χ0v) is 25.3. The summed E-state index contributed by atoms with van der Waals surface area (Å²) in [6.07, 6.45) is 8.42. The molecule has 4 rings (SSSR count). The van der Waals surface area contributed by atoms with Gasteiger partial charge in [0.05, 0.1) is 20.0 Å². The van der Waals surface area contributed by atoms with Crippen LogP contribution < -0.4 is 9.47 Å². The van der Waals surface area contributed by atoms with Crippen molar-refractivity contribution in [3.63, 3.8) is 0 Å². The Balaban J connectivity index is 1.25. The van der Waals surface area contributed by atoms with Crippen LogP contribution in [0.3, 0.4) is 0 Å². The van der Waals surface area contributed by atoms with E-state index < -0.39 is 23.9 Å². The van der Waals surface area contributed by atoms with Gasteiger partial charge in [0.2, 0.25) is 0 Å². The van der Waals surface area contributed by atoms with Crippen molar-refractivity contribution >= 4 is 36.0 Å². The molecule has 232 valence electrons. The van der Waals surface area contributed by atoms with Crippen molar-refractivity contribution in [2.45, 2.75) is 51.0 Å². The van der Waals surface area contributed by atoms with Crippen LogP contribution in [0, 0.1) is 0 Å². The lowest BCUT2D eigenvalue weighted by atomic mass is 9.98. The highest BCUT2D eigenvalue weighted by Crippen LogP contribution is 2.25. The van der Waals surface area contributed by atoms with Crippen LogP contribution in [0.1, 0.15) is 56.1 Å². The summed E-state index contributed by atoms with van der Waals surface area (Å²) in [6.45, 7) is 7.27. The zero-order valence-electron chi connectivity index (χ0n) is 25.3. The van der Waals surface area contributed by atoms with Gasteiger partial charge in [0, 0.05) is 11.1 Å². The van der Waals surface area contributed by atoms with Crippen LogP contribution in [0.5, 0.6) is 11.5 Å². The van der Waals surface area contributed by atoms with E-state index in [9.17, 15) is 19.2 Å². The first-order valence-electron chi connectivity index (χ1n) is 14.7. The molecular formula is C37H36O8. The van der Waals surface area contributed by atoms with E-state index in [2.05, 4.69) is 17.9 Å². The second-order valence-corrected chi connectivity index (χ2v) is 10.7. The molecule has 0 bridgehead atoms. The molecule has 8 nitrogen and oxygen atoms in total. The highest BCUT2D eigenvalue weighted by molar-refractivity contribution is 5.95. The standard InChI is InChI=1S/C37H36O8/c1-25(23-34(38)42-3)36(40)45-33-21-17-30(18-22-33)29-15-11-27(12-16-29)9-10-28-13-19-32(20-14-28)44-37(41)26(2)24-35(39)43-31-7-5-4-6-8-31/h9-22,31H,1-2,4-8,23-24H2,3H3/b10-9+. The first kappa shape index (κ1) is 32.7. The Morgan fingerprint density at radius 2 is 1.07 bits per heavy atom. The molecule has 45 heavy (non-hydrogen) atoms. The summed E-state index contributed by atoms with van der Waals surface area (Å²) in [7, 11) is 1.24. The maximum absolute atomic E-state index is 12.4. The number of ether oxygens (including phenoxy) is 4. The van der Waals surface area contributed by atoms with Gasteiger partial charge in [0.15, 0.2) is 0 Å². The van der Waals surface area contributed by atoms with Crippen molar-refractivity contribution in [2.75, 3.05) is 7.11 Å². The van der Waals surface area contributed by atoms with Crippen molar-refractivity contribution in [1.82, 2.24) is 0 Å². The van der Waals surface area contributed by atoms with Gasteiger partial charge in [0.1, 0.15) is 17.6 Å². The summed E-state index contributed by atoms with van der Waals surface area (Å²) in [5, 5.41) is 0. The Labute approximate surface area is 263 Å². The molecule has 1 saturated carbocycles. The van der Waals surface area contributed by atoms with Crippen molar-refractivity contribution in [1.29, 1.82) is 0 Å². The molecule has 0 aliphatic heterocycles. The van der Waals surface area contributed by atoms with Crippen LogP contribution in [0.25, 0.3) is 23.3 Å². The molecule has 0 heterocycles. The number of methoxy groups -OCH3 is 1. The lowest BCUT2D eigenvalue weighted by molar-refractivity contribution is -0.150. The Morgan fingerprint density at radius 1 is 0.644 bits per heavy atom. The average molecular weight is 609 g/mol. The van der Waals surface area contributed by atoms with Crippen LogP contribution in [0.4, 0.5) is 0 Å². The van der Waals surface area contributed by atoms with E-state index in [1.165, 1.54) is 7.11 Å². The fourth-order valence-corrected chi connectivity index (χ4v) is 4.68. The van der Waals surface area contributed by atoms with Gasteiger partial charge in [-0.15, -0.1) is 0 Å². The first-order valence-corrected chi connectivity index (χ1v) is 14.7. The topological polar surface area (TPSA) is 105 Å². The molecule has 1 fully saturated rings. The maximum atomic E-state index is 12.4. The van der Waals surface area contributed by atoms with E-state index >= 15 is 0 Å². The molecule has 0 amide bonds. The van der Waals surface area contributed by atoms with Gasteiger partial charge < -0.3 is 18.9 Å². The summed E-state index contributed by atoms with van der Waals surface area (Å²) in [5.74, 6) is -1.65. The first-order chi connectivity index (χ1) is 21.7. The molecule has 8 heteroatoms. The van der Waals surface area contributed by atoms with E-state index in [1.54, 1.807) is 24.3 Å².